The number of nitrogens with one attached hydrogen (secondary N) is 1. The Kier molecular flexibility index (Phi) is 7.61. The number of aryl methyl sites for hydroxylation is 1. The minimum Gasteiger partial charge on any atom is -0.329 e. The number of hydrogen-bond donors (Lipinski definition) is 2. The van der Waals surface area contributed by atoms with Crippen LogP contribution in [0.1, 0.15) is 20.3 Å². The van der Waals surface area contributed by atoms with Crippen molar-refractivity contribution in [3.05, 3.63) is 36.7 Å². The fraction of sp³-hybridized carbons (Fsp3) is 0.375. The zero-order valence-electron chi connectivity index (χ0n) is 13.5. The van der Waals surface area contributed by atoms with Gasteiger partial charge in [0.15, 0.2) is 5.16 Å². The van der Waals surface area contributed by atoms with Gasteiger partial charge in [-0.25, -0.2) is 4.98 Å². The molecular formula is C16H23ClN4OS. The van der Waals surface area contributed by atoms with Gasteiger partial charge in [-0.2, -0.15) is 0 Å². The lowest BCUT2D eigenvalue weighted by Crippen LogP contribution is -2.36. The Morgan fingerprint density at radius 2 is 2.00 bits per heavy atom. The molecule has 5 nitrogen and oxygen atoms in total. The summed E-state index contributed by atoms with van der Waals surface area (Å²) in [5, 5.41) is 3.78. The number of nitrogens with zero attached hydrogens (tertiary/aromatic N) is 2. The van der Waals surface area contributed by atoms with Crippen molar-refractivity contribution < 1.29 is 4.79 Å². The lowest BCUT2D eigenvalue weighted by atomic mass is 10.0. The number of hydrogen-bond acceptors (Lipinski definition) is 4. The molecule has 126 valence electrons. The molecule has 0 aliphatic heterocycles. The van der Waals surface area contributed by atoms with Gasteiger partial charge in [-0.05, 0) is 36.6 Å². The molecule has 2 aromatic rings. The quantitative estimate of drug-likeness (QED) is 0.834. The fourth-order valence-electron chi connectivity index (χ4n) is 2.01. The molecule has 7 heteroatoms. The molecule has 1 aromatic heterocycles. The number of benzene rings is 1. The first-order valence-corrected chi connectivity index (χ1v) is 8.09. The van der Waals surface area contributed by atoms with Crippen molar-refractivity contribution >= 4 is 35.8 Å². The third-order valence-corrected chi connectivity index (χ3v) is 4.25. The Morgan fingerprint density at radius 3 is 2.52 bits per heavy atom. The van der Waals surface area contributed by atoms with Gasteiger partial charge >= 0.3 is 0 Å². The second kappa shape index (κ2) is 8.96. The maximum absolute atomic E-state index is 12.0. The summed E-state index contributed by atoms with van der Waals surface area (Å²) >= 11 is 1.58. The van der Waals surface area contributed by atoms with Crippen molar-refractivity contribution in [2.24, 2.45) is 18.7 Å². The Labute approximate surface area is 147 Å². The molecule has 2 rings (SSSR count). The molecule has 0 saturated heterocycles. The smallest absolute Gasteiger partial charge is 0.241 e. The van der Waals surface area contributed by atoms with Gasteiger partial charge in [0.05, 0.1) is 6.04 Å². The van der Waals surface area contributed by atoms with Crippen LogP contribution in [0.3, 0.4) is 0 Å². The van der Waals surface area contributed by atoms with E-state index in [1.165, 1.54) is 0 Å². The van der Waals surface area contributed by atoms with E-state index in [1.807, 2.05) is 42.1 Å². The van der Waals surface area contributed by atoms with E-state index < -0.39 is 6.04 Å². The Bertz CT molecular complexity index is 627. The van der Waals surface area contributed by atoms with E-state index >= 15 is 0 Å². The monoisotopic (exact) mass is 354 g/mol. The molecule has 0 unspecified atom stereocenters. The number of aromatic nitrogens is 2. The molecule has 0 spiro atoms. The highest BCUT2D eigenvalue weighted by molar-refractivity contribution is 7.99. The molecule has 0 bridgehead atoms. The standard InChI is InChI=1S/C16H22N4OS.ClH/c1-11(2)10-14(17)15(21)19-12-4-6-13(7-5-12)22-16-18-8-9-20(16)3;/h4-9,11,14H,10,17H2,1-3H3,(H,19,21);1H/t14-;/m0./s1. The predicted octanol–water partition coefficient (Wildman–Crippen LogP) is 3.31. The molecule has 0 aliphatic rings. The summed E-state index contributed by atoms with van der Waals surface area (Å²) in [5.41, 5.74) is 6.63. The number of nitrogens with two attached hydrogens (primary N) is 1. The number of carbonyl (C=O) groups excluding carboxylic acids is 1. The van der Waals surface area contributed by atoms with Crippen LogP contribution in [0.2, 0.25) is 0 Å². The molecule has 0 aliphatic carbocycles. The first-order chi connectivity index (χ1) is 10.5. The van der Waals surface area contributed by atoms with Crippen molar-refractivity contribution in [2.45, 2.75) is 36.4 Å². The summed E-state index contributed by atoms with van der Waals surface area (Å²) in [4.78, 5) is 17.3. The number of rotatable bonds is 6. The molecule has 1 heterocycles. The van der Waals surface area contributed by atoms with Crippen LogP contribution >= 0.6 is 24.2 Å². The third-order valence-electron chi connectivity index (χ3n) is 3.17. The van der Waals surface area contributed by atoms with Crippen molar-refractivity contribution in [3.63, 3.8) is 0 Å². The Morgan fingerprint density at radius 1 is 1.35 bits per heavy atom. The van der Waals surface area contributed by atoms with Gasteiger partial charge in [-0.3, -0.25) is 4.79 Å². The van der Waals surface area contributed by atoms with Gasteiger partial charge in [0.25, 0.3) is 0 Å². The van der Waals surface area contributed by atoms with Gasteiger partial charge in [0.1, 0.15) is 0 Å². The average molecular weight is 355 g/mol. The van der Waals surface area contributed by atoms with E-state index in [4.69, 9.17) is 5.73 Å². The first kappa shape index (κ1) is 19.5. The molecule has 0 radical (unpaired) electrons. The Balaban J connectivity index is 0.00000264. The largest absolute Gasteiger partial charge is 0.329 e. The van der Waals surface area contributed by atoms with E-state index in [0.717, 1.165) is 15.7 Å². The van der Waals surface area contributed by atoms with Crippen LogP contribution in [0.4, 0.5) is 5.69 Å². The summed E-state index contributed by atoms with van der Waals surface area (Å²) in [6.45, 7) is 4.10. The van der Waals surface area contributed by atoms with Crippen LogP contribution in [0, 0.1) is 5.92 Å². The zero-order chi connectivity index (χ0) is 16.1. The molecular weight excluding hydrogens is 332 g/mol. The highest BCUT2D eigenvalue weighted by Gasteiger charge is 2.15. The summed E-state index contributed by atoms with van der Waals surface area (Å²) in [6.07, 6.45) is 4.36. The SMILES string of the molecule is CC(C)C[C@H](N)C(=O)Nc1ccc(Sc2nccn2C)cc1.Cl. The normalized spacial score (nSPS) is 11.9. The molecule has 1 aromatic carbocycles. The number of halogens is 1. The summed E-state index contributed by atoms with van der Waals surface area (Å²) in [7, 11) is 1.96. The van der Waals surface area contributed by atoms with Crippen LogP contribution < -0.4 is 11.1 Å². The average Bonchev–Trinajstić information content (AvgIpc) is 2.85. The van der Waals surface area contributed by atoms with Crippen molar-refractivity contribution in [1.29, 1.82) is 0 Å². The highest BCUT2D eigenvalue weighted by atomic mass is 35.5. The second-order valence-corrected chi connectivity index (χ2v) is 6.71. The molecule has 3 N–H and O–H groups in total. The van der Waals surface area contributed by atoms with Crippen LogP contribution in [-0.2, 0) is 11.8 Å². The van der Waals surface area contributed by atoms with E-state index in [0.29, 0.717) is 12.3 Å². The minimum atomic E-state index is -0.471. The summed E-state index contributed by atoms with van der Waals surface area (Å²) in [6, 6.07) is 7.21. The lowest BCUT2D eigenvalue weighted by Gasteiger charge is -2.14. The van der Waals surface area contributed by atoms with Crippen LogP contribution in [0.25, 0.3) is 0 Å². The van der Waals surface area contributed by atoms with Crippen LogP contribution in [0.5, 0.6) is 0 Å². The van der Waals surface area contributed by atoms with E-state index in [1.54, 1.807) is 18.0 Å². The van der Waals surface area contributed by atoms with Gasteiger partial charge in [0.2, 0.25) is 5.91 Å². The van der Waals surface area contributed by atoms with Gasteiger partial charge in [-0.15, -0.1) is 12.4 Å². The summed E-state index contributed by atoms with van der Waals surface area (Å²) in [5.74, 6) is 0.260. The van der Waals surface area contributed by atoms with Crippen LogP contribution in [0.15, 0.2) is 46.7 Å². The van der Waals surface area contributed by atoms with Crippen molar-refractivity contribution in [1.82, 2.24) is 9.55 Å². The maximum Gasteiger partial charge on any atom is 0.241 e. The van der Waals surface area contributed by atoms with Gasteiger partial charge in [-0.1, -0.05) is 25.6 Å². The Hall–Kier alpha value is -1.50. The minimum absolute atomic E-state index is 0. The van der Waals surface area contributed by atoms with Gasteiger partial charge < -0.3 is 15.6 Å². The molecule has 0 saturated carbocycles. The second-order valence-electron chi connectivity index (χ2n) is 5.67. The van der Waals surface area contributed by atoms with Crippen molar-refractivity contribution in [3.8, 4) is 0 Å². The molecule has 23 heavy (non-hydrogen) atoms. The van der Waals surface area contributed by atoms with E-state index in [-0.39, 0.29) is 18.3 Å². The van der Waals surface area contributed by atoms with Crippen molar-refractivity contribution in [2.75, 3.05) is 5.32 Å². The number of anilines is 1. The maximum atomic E-state index is 12.0. The number of imidazole rings is 1. The predicted molar refractivity (Wildman–Crippen MR) is 97.1 cm³/mol. The van der Waals surface area contributed by atoms with Crippen LogP contribution in [-0.4, -0.2) is 21.5 Å². The van der Waals surface area contributed by atoms with E-state index in [9.17, 15) is 4.79 Å². The highest BCUT2D eigenvalue weighted by Crippen LogP contribution is 2.26. The number of carbonyl (C=O) groups is 1. The molecule has 0 fully saturated rings. The topological polar surface area (TPSA) is 72.9 Å². The van der Waals surface area contributed by atoms with E-state index in [2.05, 4.69) is 24.1 Å². The number of amides is 1. The van der Waals surface area contributed by atoms with Gasteiger partial charge in [0, 0.05) is 30.0 Å². The third kappa shape index (κ3) is 5.89. The summed E-state index contributed by atoms with van der Waals surface area (Å²) < 4.78 is 1.96. The lowest BCUT2D eigenvalue weighted by molar-refractivity contribution is -0.117. The first-order valence-electron chi connectivity index (χ1n) is 7.27. The fourth-order valence-corrected chi connectivity index (χ4v) is 2.81. The zero-order valence-corrected chi connectivity index (χ0v) is 15.2. The molecule has 1 amide bonds. The molecule has 1 atom stereocenters.